The van der Waals surface area contributed by atoms with Gasteiger partial charge >= 0.3 is 0 Å². The van der Waals surface area contributed by atoms with Crippen LogP contribution in [-0.2, 0) is 6.54 Å². The topological polar surface area (TPSA) is 22.0 Å². The van der Waals surface area contributed by atoms with Crippen LogP contribution in [0.25, 0.3) is 22.2 Å². The Labute approximate surface area is 147 Å². The van der Waals surface area contributed by atoms with Crippen LogP contribution >= 0.6 is 0 Å². The van der Waals surface area contributed by atoms with Gasteiger partial charge in [0.15, 0.2) is 5.78 Å². The summed E-state index contributed by atoms with van der Waals surface area (Å²) in [7, 11) is 0. The largest absolute Gasteiger partial charge is 0.336 e. The lowest BCUT2D eigenvalue weighted by Gasteiger charge is -2.12. The second-order valence-electron chi connectivity index (χ2n) is 6.29. The number of ketones is 1. The van der Waals surface area contributed by atoms with E-state index in [1.807, 2.05) is 30.3 Å². The van der Waals surface area contributed by atoms with Gasteiger partial charge in [0.2, 0.25) is 0 Å². The summed E-state index contributed by atoms with van der Waals surface area (Å²) in [5.74, 6) is 0.0939. The van der Waals surface area contributed by atoms with Crippen LogP contribution in [0.1, 0.15) is 22.8 Å². The van der Waals surface area contributed by atoms with Crippen molar-refractivity contribution in [3.8, 4) is 11.3 Å². The summed E-state index contributed by atoms with van der Waals surface area (Å²) >= 11 is 0. The van der Waals surface area contributed by atoms with Crippen LogP contribution in [0.15, 0.2) is 84.9 Å². The fourth-order valence-corrected chi connectivity index (χ4v) is 3.26. The fourth-order valence-electron chi connectivity index (χ4n) is 3.26. The highest BCUT2D eigenvalue weighted by Crippen LogP contribution is 2.29. The predicted molar refractivity (Wildman–Crippen MR) is 103 cm³/mol. The third-order valence-electron chi connectivity index (χ3n) is 4.58. The summed E-state index contributed by atoms with van der Waals surface area (Å²) in [6.07, 6.45) is 0. The Hall–Kier alpha value is -3.13. The maximum absolute atomic E-state index is 11.5. The number of fused-ring (bicyclic) bond motifs is 1. The molecule has 0 unspecified atom stereocenters. The third-order valence-corrected chi connectivity index (χ3v) is 4.58. The molecule has 1 aromatic heterocycles. The summed E-state index contributed by atoms with van der Waals surface area (Å²) in [4.78, 5) is 11.5. The van der Waals surface area contributed by atoms with E-state index in [0.717, 1.165) is 17.7 Å². The Kier molecular flexibility index (Phi) is 3.95. The Bertz CT molecular complexity index is 1030. The maximum atomic E-state index is 11.5. The molecule has 4 aromatic rings. The van der Waals surface area contributed by atoms with Crippen LogP contribution in [0.4, 0.5) is 0 Å². The molecule has 0 aliphatic rings. The molecule has 0 spiro atoms. The van der Waals surface area contributed by atoms with Crippen molar-refractivity contribution in [1.82, 2.24) is 4.57 Å². The minimum atomic E-state index is 0.0939. The summed E-state index contributed by atoms with van der Waals surface area (Å²) < 4.78 is 2.34. The van der Waals surface area contributed by atoms with Gasteiger partial charge in [0.25, 0.3) is 0 Å². The van der Waals surface area contributed by atoms with E-state index in [2.05, 4.69) is 59.2 Å². The molecule has 0 fully saturated rings. The molecule has 2 nitrogen and oxygen atoms in total. The molecule has 0 aliphatic heterocycles. The number of benzene rings is 3. The smallest absolute Gasteiger partial charge is 0.159 e. The van der Waals surface area contributed by atoms with E-state index in [1.54, 1.807) is 6.92 Å². The quantitative estimate of drug-likeness (QED) is 0.450. The number of carbonyl (C=O) groups excluding carboxylic acids is 1. The van der Waals surface area contributed by atoms with Gasteiger partial charge in [-0.3, -0.25) is 4.79 Å². The molecule has 0 radical (unpaired) electrons. The molecular formula is C23H19NO. The average Bonchev–Trinajstić information content (AvgIpc) is 3.01. The highest BCUT2D eigenvalue weighted by molar-refractivity contribution is 5.95. The highest BCUT2D eigenvalue weighted by atomic mass is 16.1. The number of hydrogen-bond donors (Lipinski definition) is 0. The van der Waals surface area contributed by atoms with E-state index in [1.165, 1.54) is 22.2 Å². The summed E-state index contributed by atoms with van der Waals surface area (Å²) in [5.41, 5.74) is 5.52. The molecule has 0 amide bonds. The zero-order valence-corrected chi connectivity index (χ0v) is 14.1. The fraction of sp³-hybridized carbons (Fsp3) is 0.0870. The van der Waals surface area contributed by atoms with Gasteiger partial charge in [-0.15, -0.1) is 0 Å². The molecule has 0 atom stereocenters. The number of Topliss-reactive ketones (excluding diaryl/α,β-unsaturated/α-hetero) is 1. The first-order chi connectivity index (χ1) is 12.2. The molecule has 0 saturated carbocycles. The number of para-hydroxylation sites is 1. The molecule has 0 bridgehead atoms. The predicted octanol–water partition coefficient (Wildman–Crippen LogP) is 5.56. The number of carbonyl (C=O) groups is 1. The zero-order valence-electron chi connectivity index (χ0n) is 14.1. The van der Waals surface area contributed by atoms with E-state index < -0.39 is 0 Å². The van der Waals surface area contributed by atoms with Crippen LogP contribution < -0.4 is 0 Å². The van der Waals surface area contributed by atoms with Crippen molar-refractivity contribution in [2.24, 2.45) is 0 Å². The van der Waals surface area contributed by atoms with Crippen LogP contribution in [0.5, 0.6) is 0 Å². The molecule has 0 aliphatic carbocycles. The van der Waals surface area contributed by atoms with Gasteiger partial charge in [-0.2, -0.15) is 0 Å². The Morgan fingerprint density at radius 1 is 0.840 bits per heavy atom. The van der Waals surface area contributed by atoms with Crippen molar-refractivity contribution in [3.63, 3.8) is 0 Å². The maximum Gasteiger partial charge on any atom is 0.159 e. The van der Waals surface area contributed by atoms with Gasteiger partial charge in [0.05, 0.1) is 0 Å². The third kappa shape index (κ3) is 2.99. The lowest BCUT2D eigenvalue weighted by molar-refractivity contribution is 0.101. The molecule has 3 aromatic carbocycles. The second kappa shape index (κ2) is 6.40. The Morgan fingerprint density at radius 2 is 1.52 bits per heavy atom. The van der Waals surface area contributed by atoms with Gasteiger partial charge in [-0.1, -0.05) is 72.8 Å². The lowest BCUT2D eigenvalue weighted by atomic mass is 10.1. The normalized spacial score (nSPS) is 10.9. The molecule has 0 N–H and O–H groups in total. The van der Waals surface area contributed by atoms with E-state index in [-0.39, 0.29) is 5.78 Å². The van der Waals surface area contributed by atoms with Crippen molar-refractivity contribution >= 4 is 16.7 Å². The zero-order chi connectivity index (χ0) is 17.2. The summed E-state index contributed by atoms with van der Waals surface area (Å²) in [5, 5.41) is 1.23. The molecule has 1 heterocycles. The van der Waals surface area contributed by atoms with Crippen LogP contribution in [0.3, 0.4) is 0 Å². The molecule has 122 valence electrons. The van der Waals surface area contributed by atoms with E-state index >= 15 is 0 Å². The highest BCUT2D eigenvalue weighted by Gasteiger charge is 2.11. The summed E-state index contributed by atoms with van der Waals surface area (Å²) in [6, 6.07) is 29.0. The number of nitrogens with zero attached hydrogens (tertiary/aromatic N) is 1. The first-order valence-corrected chi connectivity index (χ1v) is 8.46. The standard InChI is InChI=1S/C23H19NO/c1-17(25)19-11-13-20(14-12-19)23-15-21-9-5-6-10-22(21)24(23)16-18-7-3-2-4-8-18/h2-15H,16H2,1H3. The van der Waals surface area contributed by atoms with Crippen molar-refractivity contribution in [1.29, 1.82) is 0 Å². The first kappa shape index (κ1) is 15.4. The number of hydrogen-bond acceptors (Lipinski definition) is 1. The SMILES string of the molecule is CC(=O)c1ccc(-c2cc3ccccc3n2Cc2ccccc2)cc1. The van der Waals surface area contributed by atoms with E-state index in [4.69, 9.17) is 0 Å². The van der Waals surface area contributed by atoms with Crippen molar-refractivity contribution in [2.45, 2.75) is 13.5 Å². The van der Waals surface area contributed by atoms with Crippen LogP contribution in [-0.4, -0.2) is 10.4 Å². The van der Waals surface area contributed by atoms with Crippen molar-refractivity contribution < 1.29 is 4.79 Å². The van der Waals surface area contributed by atoms with Crippen LogP contribution in [0.2, 0.25) is 0 Å². The minimum Gasteiger partial charge on any atom is -0.336 e. The molecule has 2 heteroatoms. The summed E-state index contributed by atoms with van der Waals surface area (Å²) in [6.45, 7) is 2.42. The second-order valence-corrected chi connectivity index (χ2v) is 6.29. The first-order valence-electron chi connectivity index (χ1n) is 8.46. The molecule has 4 rings (SSSR count). The van der Waals surface area contributed by atoms with Crippen molar-refractivity contribution in [2.75, 3.05) is 0 Å². The minimum absolute atomic E-state index is 0.0939. The lowest BCUT2D eigenvalue weighted by Crippen LogP contribution is -2.01. The number of rotatable bonds is 4. The Balaban J connectivity index is 1.85. The number of aromatic nitrogens is 1. The Morgan fingerprint density at radius 3 is 2.24 bits per heavy atom. The molecule has 25 heavy (non-hydrogen) atoms. The van der Waals surface area contributed by atoms with Gasteiger partial charge in [0.1, 0.15) is 0 Å². The van der Waals surface area contributed by atoms with E-state index in [9.17, 15) is 4.79 Å². The monoisotopic (exact) mass is 325 g/mol. The average molecular weight is 325 g/mol. The molecular weight excluding hydrogens is 306 g/mol. The van der Waals surface area contributed by atoms with Gasteiger partial charge in [-0.25, -0.2) is 0 Å². The van der Waals surface area contributed by atoms with Gasteiger partial charge in [0, 0.05) is 28.7 Å². The van der Waals surface area contributed by atoms with Gasteiger partial charge < -0.3 is 4.57 Å². The molecule has 0 saturated heterocycles. The van der Waals surface area contributed by atoms with E-state index in [0.29, 0.717) is 0 Å². The van der Waals surface area contributed by atoms with Gasteiger partial charge in [-0.05, 0) is 30.2 Å². The van der Waals surface area contributed by atoms with Crippen molar-refractivity contribution in [3.05, 3.63) is 96.1 Å². The van der Waals surface area contributed by atoms with Crippen LogP contribution in [0, 0.1) is 0 Å².